The number of phenols is 1. The van der Waals surface area contributed by atoms with Crippen LogP contribution in [0.4, 0.5) is 21.8 Å². The number of anilines is 3. The number of morpholine rings is 1. The summed E-state index contributed by atoms with van der Waals surface area (Å²) in [6, 6.07) is 10.4. The van der Waals surface area contributed by atoms with Gasteiger partial charge in [-0.15, -0.1) is 0 Å². The number of nitrogens with one attached hydrogen (secondary N) is 1. The Labute approximate surface area is 222 Å². The molecule has 4 N–H and O–H groups in total. The topological polar surface area (TPSA) is 141 Å². The molecule has 0 bridgehead atoms. The Kier molecular flexibility index (Phi) is 6.39. The molecule has 6 rings (SSSR count). The van der Waals surface area contributed by atoms with Crippen molar-refractivity contribution >= 4 is 34.5 Å². The Hall–Kier alpha value is -4.45. The number of hydrogen-bond acceptors (Lipinski definition) is 8. The molecule has 2 aromatic heterocycles. The minimum atomic E-state index is -0.651. The number of amides is 1. The maximum Gasteiger partial charge on any atom is 0.335 e. The zero-order valence-electron chi connectivity index (χ0n) is 21.1. The summed E-state index contributed by atoms with van der Waals surface area (Å²) in [7, 11) is 0. The van der Waals surface area contributed by atoms with Crippen LogP contribution in [0.25, 0.3) is 16.9 Å². The average Bonchev–Trinajstić information content (AvgIpc) is 3.56. The third-order valence-corrected chi connectivity index (χ3v) is 7.28. The number of benzene rings is 2. The number of ether oxygens (including phenoxy) is 1. The maximum atomic E-state index is 15.1. The summed E-state index contributed by atoms with van der Waals surface area (Å²) in [5.74, 6) is -0.864. The van der Waals surface area contributed by atoms with Crippen LogP contribution in [0.5, 0.6) is 5.75 Å². The molecule has 11 nitrogen and oxygen atoms in total. The molecule has 4 aromatic rings. The molecule has 202 valence electrons. The fourth-order valence-electron chi connectivity index (χ4n) is 5.37. The second-order valence-corrected chi connectivity index (χ2v) is 9.77. The third-order valence-electron chi connectivity index (χ3n) is 7.28. The van der Waals surface area contributed by atoms with Gasteiger partial charge in [0.15, 0.2) is 11.5 Å². The lowest BCUT2D eigenvalue weighted by molar-refractivity contribution is 0.0302. The van der Waals surface area contributed by atoms with E-state index in [1.54, 1.807) is 21.6 Å². The quantitative estimate of drug-likeness (QED) is 0.355. The number of nitrogens with two attached hydrogens (primary N) is 1. The van der Waals surface area contributed by atoms with Crippen molar-refractivity contribution in [3.63, 3.8) is 0 Å². The number of aromatic nitrogens is 4. The van der Waals surface area contributed by atoms with Gasteiger partial charge in [-0.1, -0.05) is 18.9 Å². The van der Waals surface area contributed by atoms with Crippen LogP contribution in [-0.4, -0.2) is 61.3 Å². The van der Waals surface area contributed by atoms with Gasteiger partial charge in [-0.2, -0.15) is 9.97 Å². The number of rotatable bonds is 5. The molecule has 3 heterocycles. The van der Waals surface area contributed by atoms with Crippen LogP contribution in [0.1, 0.15) is 42.1 Å². The second-order valence-electron chi connectivity index (χ2n) is 9.77. The Morgan fingerprint density at radius 1 is 1.10 bits per heavy atom. The van der Waals surface area contributed by atoms with Crippen LogP contribution >= 0.6 is 0 Å². The van der Waals surface area contributed by atoms with Crippen LogP contribution in [-0.2, 0) is 4.74 Å². The Bertz CT molecular complexity index is 1620. The molecule has 2 aliphatic rings. The van der Waals surface area contributed by atoms with Crippen LogP contribution in [0.2, 0.25) is 0 Å². The molecule has 2 aromatic carbocycles. The van der Waals surface area contributed by atoms with Gasteiger partial charge in [0.2, 0.25) is 5.95 Å². The number of phenolic OH excluding ortho intramolecular Hbond substituents is 1. The number of aromatic hydroxyl groups is 1. The van der Waals surface area contributed by atoms with Gasteiger partial charge in [-0.25, -0.2) is 9.18 Å². The number of fused-ring (bicyclic) bond motifs is 1. The zero-order chi connectivity index (χ0) is 27.1. The Morgan fingerprint density at radius 2 is 1.87 bits per heavy atom. The molecule has 0 spiro atoms. The Morgan fingerprint density at radius 3 is 2.59 bits per heavy atom. The molecule has 1 saturated heterocycles. The van der Waals surface area contributed by atoms with E-state index in [4.69, 9.17) is 10.5 Å². The standard InChI is InChI=1S/C27H28FN7O4/c28-20-14-16(25(37)33-10-12-39-13-11-33)8-9-21(20)30-26-31-23(29)22-24(32-26)35(17-4-1-2-5-17)27(38)34(22)18-6-3-7-19(36)15-18/h3,6-9,14-15,17,36H,1-2,4-5,10-13H2,(H3,29,30,31,32). The first-order valence-corrected chi connectivity index (χ1v) is 12.9. The molecule has 12 heteroatoms. The molecule has 0 radical (unpaired) electrons. The van der Waals surface area contributed by atoms with E-state index in [0.717, 1.165) is 25.7 Å². The first kappa shape index (κ1) is 24.9. The monoisotopic (exact) mass is 533 g/mol. The van der Waals surface area contributed by atoms with Gasteiger partial charge < -0.3 is 25.8 Å². The summed E-state index contributed by atoms with van der Waals surface area (Å²) in [4.78, 5) is 37.0. The smallest absolute Gasteiger partial charge is 0.335 e. The van der Waals surface area contributed by atoms with Crippen molar-refractivity contribution in [1.82, 2.24) is 24.0 Å². The predicted molar refractivity (Wildman–Crippen MR) is 143 cm³/mol. The minimum absolute atomic E-state index is 0.00460. The fraction of sp³-hybridized carbons (Fsp3) is 0.333. The lowest BCUT2D eigenvalue weighted by atomic mass is 10.1. The van der Waals surface area contributed by atoms with Crippen molar-refractivity contribution in [1.29, 1.82) is 0 Å². The number of carbonyl (C=O) groups excluding carboxylic acids is 1. The SMILES string of the molecule is Nc1nc(Nc2ccc(C(=O)N3CCOCC3)cc2F)nc2c1n(-c1cccc(O)c1)c(=O)n2C1CCCC1. The number of carbonyl (C=O) groups is 1. The van der Waals surface area contributed by atoms with E-state index in [2.05, 4.69) is 15.3 Å². The molecule has 39 heavy (non-hydrogen) atoms. The minimum Gasteiger partial charge on any atom is -0.508 e. The van der Waals surface area contributed by atoms with E-state index in [1.807, 2.05) is 0 Å². The lowest BCUT2D eigenvalue weighted by Gasteiger charge is -2.27. The second kappa shape index (κ2) is 10.0. The highest BCUT2D eigenvalue weighted by molar-refractivity contribution is 5.95. The molecule has 0 atom stereocenters. The van der Waals surface area contributed by atoms with Crippen molar-refractivity contribution in [3.05, 3.63) is 64.3 Å². The van der Waals surface area contributed by atoms with Gasteiger partial charge in [0.05, 0.1) is 24.6 Å². The van der Waals surface area contributed by atoms with Crippen LogP contribution in [0, 0.1) is 5.82 Å². The van der Waals surface area contributed by atoms with Gasteiger partial charge in [0.1, 0.15) is 17.1 Å². The van der Waals surface area contributed by atoms with Crippen LogP contribution < -0.4 is 16.7 Å². The first-order chi connectivity index (χ1) is 18.9. The highest BCUT2D eigenvalue weighted by Crippen LogP contribution is 2.33. The van der Waals surface area contributed by atoms with E-state index in [-0.39, 0.29) is 46.4 Å². The van der Waals surface area contributed by atoms with E-state index < -0.39 is 5.82 Å². The van der Waals surface area contributed by atoms with Crippen molar-refractivity contribution in [2.24, 2.45) is 0 Å². The summed E-state index contributed by atoms with van der Waals surface area (Å²) in [5, 5.41) is 12.9. The maximum absolute atomic E-state index is 15.1. The van der Waals surface area contributed by atoms with E-state index in [9.17, 15) is 14.7 Å². The molecular formula is C27H28FN7O4. The molecule has 1 saturated carbocycles. The highest BCUT2D eigenvalue weighted by atomic mass is 19.1. The summed E-state index contributed by atoms with van der Waals surface area (Å²) in [6.07, 6.45) is 3.61. The van der Waals surface area contributed by atoms with Crippen molar-refractivity contribution in [2.75, 3.05) is 37.4 Å². The number of nitrogen functional groups attached to an aromatic ring is 1. The average molecular weight is 534 g/mol. The summed E-state index contributed by atoms with van der Waals surface area (Å²) < 4.78 is 23.4. The van der Waals surface area contributed by atoms with Crippen molar-refractivity contribution in [3.8, 4) is 11.4 Å². The predicted octanol–water partition coefficient (Wildman–Crippen LogP) is 3.34. The van der Waals surface area contributed by atoms with E-state index >= 15 is 4.39 Å². The molecule has 0 unspecified atom stereocenters. The van der Waals surface area contributed by atoms with E-state index in [1.165, 1.54) is 34.9 Å². The molecule has 2 fully saturated rings. The van der Waals surface area contributed by atoms with Gasteiger partial charge in [0, 0.05) is 30.8 Å². The first-order valence-electron chi connectivity index (χ1n) is 12.9. The van der Waals surface area contributed by atoms with Crippen LogP contribution in [0.15, 0.2) is 47.3 Å². The lowest BCUT2D eigenvalue weighted by Crippen LogP contribution is -2.40. The normalized spacial score (nSPS) is 16.2. The van der Waals surface area contributed by atoms with Gasteiger partial charge in [-0.3, -0.25) is 13.9 Å². The molecule has 1 aliphatic carbocycles. The molecule has 1 aliphatic heterocycles. The van der Waals surface area contributed by atoms with Gasteiger partial charge >= 0.3 is 5.69 Å². The largest absolute Gasteiger partial charge is 0.508 e. The molecular weight excluding hydrogens is 505 g/mol. The third kappa shape index (κ3) is 4.56. The van der Waals surface area contributed by atoms with Crippen LogP contribution in [0.3, 0.4) is 0 Å². The van der Waals surface area contributed by atoms with Crippen molar-refractivity contribution < 1.29 is 19.0 Å². The fourth-order valence-corrected chi connectivity index (χ4v) is 5.37. The zero-order valence-corrected chi connectivity index (χ0v) is 21.1. The number of imidazole rings is 1. The number of halogens is 1. The summed E-state index contributed by atoms with van der Waals surface area (Å²) in [6.45, 7) is 1.82. The van der Waals surface area contributed by atoms with Crippen molar-refractivity contribution in [2.45, 2.75) is 31.7 Å². The summed E-state index contributed by atoms with van der Waals surface area (Å²) in [5.41, 5.74) is 7.40. The van der Waals surface area contributed by atoms with E-state index in [0.29, 0.717) is 43.2 Å². The summed E-state index contributed by atoms with van der Waals surface area (Å²) >= 11 is 0. The number of nitrogens with zero attached hydrogens (tertiary/aromatic N) is 5. The number of hydrogen-bond donors (Lipinski definition) is 3. The van der Waals surface area contributed by atoms with Gasteiger partial charge in [-0.05, 0) is 43.2 Å². The molecule has 1 amide bonds. The Balaban J connectivity index is 1.39. The van der Waals surface area contributed by atoms with Gasteiger partial charge in [0.25, 0.3) is 5.91 Å². The highest BCUT2D eigenvalue weighted by Gasteiger charge is 2.28.